The van der Waals surface area contributed by atoms with E-state index in [-0.39, 0.29) is 20.1 Å². The Kier molecular flexibility index (Phi) is 3.57. The zero-order chi connectivity index (χ0) is 10.8. The van der Waals surface area contributed by atoms with E-state index in [1.54, 1.807) is 12.5 Å². The molecule has 3 aromatic rings. The number of rotatable bonds is 2. The molecule has 1 aromatic carbocycles. The molecular weight excluding hydrogens is 394 g/mol. The summed E-state index contributed by atoms with van der Waals surface area (Å²) < 4.78 is 10.3. The van der Waals surface area contributed by atoms with Crippen molar-refractivity contribution in [2.75, 3.05) is 0 Å². The molecule has 2 heterocycles. The molecule has 4 heteroatoms. The van der Waals surface area contributed by atoms with Crippen LogP contribution in [-0.2, 0) is 20.1 Å². The summed E-state index contributed by atoms with van der Waals surface area (Å²) in [6.07, 6.45) is 7.56. The van der Waals surface area contributed by atoms with Gasteiger partial charge in [-0.15, -0.1) is 0 Å². The van der Waals surface area contributed by atoms with Gasteiger partial charge < -0.3 is 8.83 Å². The predicted molar refractivity (Wildman–Crippen MR) is 58.5 cm³/mol. The second kappa shape index (κ2) is 5.13. The van der Waals surface area contributed by atoms with Crippen LogP contribution in [0.5, 0.6) is 0 Å². The molecule has 0 aliphatic rings. The van der Waals surface area contributed by atoms with Crippen LogP contribution in [0, 0.1) is 6.26 Å². The molecule has 0 fully saturated rings. The number of hydrogen-bond donors (Lipinski definition) is 0. The van der Waals surface area contributed by atoms with Crippen molar-refractivity contribution < 1.29 is 28.9 Å². The van der Waals surface area contributed by atoms with E-state index in [1.807, 2.05) is 30.3 Å². The number of aromatic nitrogens is 1. The zero-order valence-corrected chi connectivity index (χ0v) is 11.1. The second-order valence-corrected chi connectivity index (χ2v) is 3.33. The van der Waals surface area contributed by atoms with Gasteiger partial charge in [0, 0.05) is 26.4 Å². The molecule has 0 N–H and O–H groups in total. The Balaban J connectivity index is 0.00000108. The smallest absolute Gasteiger partial charge is 0.143 e. The number of furan rings is 1. The van der Waals surface area contributed by atoms with Gasteiger partial charge in [0.15, 0.2) is 0 Å². The van der Waals surface area contributed by atoms with Crippen molar-refractivity contribution in [2.24, 2.45) is 0 Å². The third-order valence-corrected chi connectivity index (χ3v) is 2.34. The Labute approximate surface area is 112 Å². The van der Waals surface area contributed by atoms with E-state index >= 15 is 0 Å². The van der Waals surface area contributed by atoms with E-state index in [9.17, 15) is 0 Å². The molecule has 87 valence electrons. The third kappa shape index (κ3) is 2.23. The van der Waals surface area contributed by atoms with Crippen molar-refractivity contribution in [1.29, 1.82) is 0 Å². The summed E-state index contributed by atoms with van der Waals surface area (Å²) in [5, 5.41) is 0. The Bertz CT molecular complexity index is 573. The Hall–Kier alpha value is -1.64. The fourth-order valence-corrected chi connectivity index (χ4v) is 1.60. The molecule has 17 heavy (non-hydrogen) atoms. The van der Waals surface area contributed by atoms with E-state index in [0.29, 0.717) is 5.89 Å². The largest absolute Gasteiger partial charge is 0.564 e. The minimum absolute atomic E-state index is 0. The Morgan fingerprint density at radius 1 is 1.12 bits per heavy atom. The van der Waals surface area contributed by atoms with E-state index in [1.165, 1.54) is 6.26 Å². The summed E-state index contributed by atoms with van der Waals surface area (Å²) in [4.78, 5) is 4.09. The van der Waals surface area contributed by atoms with Crippen LogP contribution < -0.4 is 0 Å². The zero-order valence-electron chi connectivity index (χ0n) is 8.72. The molecule has 0 aliphatic carbocycles. The van der Waals surface area contributed by atoms with Crippen LogP contribution in [0.3, 0.4) is 0 Å². The topological polar surface area (TPSA) is 39.2 Å². The molecule has 0 saturated carbocycles. The van der Waals surface area contributed by atoms with Crippen LogP contribution in [-0.4, -0.2) is 4.98 Å². The normalized spacial score (nSPS) is 9.88. The molecule has 0 unspecified atom stereocenters. The molecular formula is C13H8IrNO2-. The summed E-state index contributed by atoms with van der Waals surface area (Å²) in [7, 11) is 0. The summed E-state index contributed by atoms with van der Waals surface area (Å²) in [6, 6.07) is 9.93. The maximum absolute atomic E-state index is 5.24. The first-order valence-electron chi connectivity index (χ1n) is 4.89. The quantitative estimate of drug-likeness (QED) is 0.617. The Morgan fingerprint density at radius 2 is 1.94 bits per heavy atom. The summed E-state index contributed by atoms with van der Waals surface area (Å²) >= 11 is 0. The first-order valence-corrected chi connectivity index (χ1v) is 4.89. The first-order chi connectivity index (χ1) is 7.95. The molecule has 0 spiro atoms. The fourth-order valence-electron chi connectivity index (χ4n) is 1.60. The van der Waals surface area contributed by atoms with E-state index in [0.717, 1.165) is 16.7 Å². The monoisotopic (exact) mass is 403 g/mol. The van der Waals surface area contributed by atoms with Crippen LogP contribution in [0.15, 0.2) is 57.9 Å². The molecule has 1 radical (unpaired) electrons. The molecule has 3 rings (SSSR count). The molecule has 3 nitrogen and oxygen atoms in total. The summed E-state index contributed by atoms with van der Waals surface area (Å²) in [5.74, 6) is 0.521. The average molecular weight is 402 g/mol. The van der Waals surface area contributed by atoms with Crippen LogP contribution in [0.2, 0.25) is 0 Å². The summed E-state index contributed by atoms with van der Waals surface area (Å²) in [6.45, 7) is 0. The second-order valence-electron chi connectivity index (χ2n) is 3.33. The van der Waals surface area contributed by atoms with Gasteiger partial charge in [0.2, 0.25) is 0 Å². The van der Waals surface area contributed by atoms with Crippen molar-refractivity contribution in [3.05, 3.63) is 55.3 Å². The average Bonchev–Trinajstić information content (AvgIpc) is 3.01. The number of hydrogen-bond acceptors (Lipinski definition) is 3. The van der Waals surface area contributed by atoms with Gasteiger partial charge >= 0.3 is 0 Å². The molecule has 0 atom stereocenters. The van der Waals surface area contributed by atoms with Crippen molar-refractivity contribution in [2.45, 2.75) is 0 Å². The van der Waals surface area contributed by atoms with Gasteiger partial charge in [-0.05, 0) is 11.8 Å². The van der Waals surface area contributed by atoms with Crippen molar-refractivity contribution >= 4 is 0 Å². The molecule has 0 bridgehead atoms. The number of benzene rings is 1. The van der Waals surface area contributed by atoms with E-state index < -0.39 is 0 Å². The van der Waals surface area contributed by atoms with Crippen LogP contribution in [0.25, 0.3) is 22.6 Å². The van der Waals surface area contributed by atoms with Crippen molar-refractivity contribution in [3.63, 3.8) is 0 Å². The van der Waals surface area contributed by atoms with Gasteiger partial charge in [-0.3, -0.25) is 4.98 Å². The SMILES string of the molecule is [Ir].[c-]1occ(-c2ccccc2)c1-c1ncco1. The maximum Gasteiger partial charge on any atom is 0.143 e. The molecule has 2 aromatic heterocycles. The molecule has 0 aliphatic heterocycles. The third-order valence-electron chi connectivity index (χ3n) is 2.34. The molecule has 0 saturated heterocycles. The van der Waals surface area contributed by atoms with Crippen LogP contribution in [0.4, 0.5) is 0 Å². The van der Waals surface area contributed by atoms with E-state index in [2.05, 4.69) is 11.2 Å². The van der Waals surface area contributed by atoms with Crippen molar-refractivity contribution in [1.82, 2.24) is 4.98 Å². The van der Waals surface area contributed by atoms with Gasteiger partial charge in [0.05, 0.1) is 12.5 Å². The standard InChI is InChI=1S/C13H8NO2.Ir/c1-2-4-10(5-3-1)11-8-15-9-12(11)13-14-6-7-16-13;/h1-8H;/q-1;. The summed E-state index contributed by atoms with van der Waals surface area (Å²) in [5.41, 5.74) is 2.74. The Morgan fingerprint density at radius 3 is 2.65 bits per heavy atom. The van der Waals surface area contributed by atoms with Crippen LogP contribution in [0.1, 0.15) is 0 Å². The minimum Gasteiger partial charge on any atom is -0.564 e. The first kappa shape index (κ1) is 11.8. The number of oxazole rings is 1. The van der Waals surface area contributed by atoms with Gasteiger partial charge in [-0.25, -0.2) is 0 Å². The molecule has 0 amide bonds. The van der Waals surface area contributed by atoms with Gasteiger partial charge in [-0.1, -0.05) is 41.5 Å². The number of nitrogens with zero attached hydrogens (tertiary/aromatic N) is 1. The van der Waals surface area contributed by atoms with Crippen molar-refractivity contribution in [3.8, 4) is 22.6 Å². The van der Waals surface area contributed by atoms with Crippen LogP contribution >= 0.6 is 0 Å². The van der Waals surface area contributed by atoms with Gasteiger partial charge in [-0.2, -0.15) is 0 Å². The predicted octanol–water partition coefficient (Wildman–Crippen LogP) is 3.40. The minimum atomic E-state index is 0. The van der Waals surface area contributed by atoms with E-state index in [4.69, 9.17) is 8.83 Å². The fraction of sp³-hybridized carbons (Fsp3) is 0. The van der Waals surface area contributed by atoms with Gasteiger partial charge in [0.25, 0.3) is 0 Å². The van der Waals surface area contributed by atoms with Gasteiger partial charge in [0.1, 0.15) is 5.89 Å². The maximum atomic E-state index is 5.24.